The van der Waals surface area contributed by atoms with Gasteiger partial charge in [-0.1, -0.05) is 0 Å². The van der Waals surface area contributed by atoms with Gasteiger partial charge in [-0.3, -0.25) is 9.69 Å². The summed E-state index contributed by atoms with van der Waals surface area (Å²) in [6, 6.07) is 7.38. The fourth-order valence-electron chi connectivity index (χ4n) is 2.70. The van der Waals surface area contributed by atoms with Crippen LogP contribution < -0.4 is 5.32 Å². The van der Waals surface area contributed by atoms with Crippen LogP contribution in [0.1, 0.15) is 5.76 Å². The van der Waals surface area contributed by atoms with E-state index in [0.29, 0.717) is 32.8 Å². The van der Waals surface area contributed by atoms with Crippen LogP contribution in [0.5, 0.6) is 0 Å². The van der Waals surface area contributed by atoms with E-state index in [4.69, 9.17) is 9.15 Å². The molecule has 1 N–H and O–H groups in total. The van der Waals surface area contributed by atoms with E-state index in [9.17, 15) is 4.79 Å². The van der Waals surface area contributed by atoms with Crippen LogP contribution in [0.15, 0.2) is 41.1 Å². The smallest absolute Gasteiger partial charge is 0.236 e. The Morgan fingerprint density at radius 2 is 2.36 bits per heavy atom. The number of aromatic nitrogens is 2. The van der Waals surface area contributed by atoms with Gasteiger partial charge in [0.05, 0.1) is 32.1 Å². The Hall–Kier alpha value is -2.45. The monoisotopic (exact) mass is 345 g/mol. The Balaban J connectivity index is 1.43. The van der Waals surface area contributed by atoms with E-state index in [2.05, 4.69) is 20.4 Å². The average Bonchev–Trinajstić information content (AvgIpc) is 3.14. The number of anilines is 1. The van der Waals surface area contributed by atoms with Crippen LogP contribution in [-0.2, 0) is 16.1 Å². The molecule has 25 heavy (non-hydrogen) atoms. The summed E-state index contributed by atoms with van der Waals surface area (Å²) in [5.74, 6) is 1.57. The maximum Gasteiger partial charge on any atom is 0.236 e. The summed E-state index contributed by atoms with van der Waals surface area (Å²) >= 11 is 0. The molecule has 1 atom stereocenters. The molecule has 3 rings (SSSR count). The minimum Gasteiger partial charge on any atom is -0.467 e. The number of hydrogen-bond donors (Lipinski definition) is 1. The Labute approximate surface area is 146 Å². The van der Waals surface area contributed by atoms with Crippen LogP contribution in [0.4, 0.5) is 5.82 Å². The number of nitrogens with zero attached hydrogens (tertiary/aromatic N) is 4. The molecular formula is C17H23N5O3. The molecule has 1 fully saturated rings. The molecule has 3 heterocycles. The maximum absolute atomic E-state index is 12.4. The molecule has 0 saturated carbocycles. The molecule has 2 aromatic heterocycles. The first-order chi connectivity index (χ1) is 12.2. The van der Waals surface area contributed by atoms with Crippen LogP contribution in [0.3, 0.4) is 0 Å². The number of morpholine rings is 1. The fraction of sp³-hybridized carbons (Fsp3) is 0.471. The van der Waals surface area contributed by atoms with Crippen molar-refractivity contribution in [1.82, 2.24) is 20.0 Å². The van der Waals surface area contributed by atoms with Crippen LogP contribution in [-0.4, -0.2) is 71.8 Å². The van der Waals surface area contributed by atoms with E-state index in [1.165, 1.54) is 0 Å². The first-order valence-corrected chi connectivity index (χ1v) is 8.32. The zero-order chi connectivity index (χ0) is 17.5. The van der Waals surface area contributed by atoms with Crippen molar-refractivity contribution in [3.63, 3.8) is 0 Å². The van der Waals surface area contributed by atoms with Crippen molar-refractivity contribution < 1.29 is 13.9 Å². The first-order valence-electron chi connectivity index (χ1n) is 8.32. The summed E-state index contributed by atoms with van der Waals surface area (Å²) in [5.41, 5.74) is 0. The van der Waals surface area contributed by atoms with Crippen molar-refractivity contribution in [2.45, 2.75) is 12.6 Å². The molecule has 0 bridgehead atoms. The summed E-state index contributed by atoms with van der Waals surface area (Å²) in [6.07, 6.45) is 3.26. The molecule has 0 spiro atoms. The van der Waals surface area contributed by atoms with Gasteiger partial charge in [-0.05, 0) is 24.3 Å². The van der Waals surface area contributed by atoms with Gasteiger partial charge in [-0.15, -0.1) is 5.10 Å². The lowest BCUT2D eigenvalue weighted by Gasteiger charge is -2.33. The molecule has 0 aliphatic carbocycles. The summed E-state index contributed by atoms with van der Waals surface area (Å²) in [7, 11) is 1.79. The van der Waals surface area contributed by atoms with Crippen LogP contribution in [0.25, 0.3) is 0 Å². The summed E-state index contributed by atoms with van der Waals surface area (Å²) in [6.45, 7) is 3.55. The van der Waals surface area contributed by atoms with Gasteiger partial charge in [0.25, 0.3) is 0 Å². The fourth-order valence-corrected chi connectivity index (χ4v) is 2.70. The molecule has 134 valence electrons. The summed E-state index contributed by atoms with van der Waals surface area (Å²) < 4.78 is 11.1. The Kier molecular flexibility index (Phi) is 5.97. The molecule has 0 aromatic carbocycles. The predicted molar refractivity (Wildman–Crippen MR) is 91.9 cm³/mol. The number of likely N-dealkylation sites (N-methyl/N-ethyl adjacent to an activating group) is 1. The van der Waals surface area contributed by atoms with Crippen molar-refractivity contribution in [2.75, 3.05) is 45.2 Å². The number of carbonyl (C=O) groups is 1. The van der Waals surface area contributed by atoms with Gasteiger partial charge >= 0.3 is 0 Å². The number of nitrogens with one attached hydrogen (secondary N) is 1. The minimum absolute atomic E-state index is 0.0129. The van der Waals surface area contributed by atoms with E-state index in [0.717, 1.165) is 18.1 Å². The van der Waals surface area contributed by atoms with E-state index in [-0.39, 0.29) is 12.0 Å². The average molecular weight is 345 g/mol. The van der Waals surface area contributed by atoms with Gasteiger partial charge in [0.15, 0.2) is 0 Å². The highest BCUT2D eigenvalue weighted by Crippen LogP contribution is 2.09. The lowest BCUT2D eigenvalue weighted by atomic mass is 10.2. The maximum atomic E-state index is 12.4. The van der Waals surface area contributed by atoms with Gasteiger partial charge in [-0.2, -0.15) is 5.10 Å². The lowest BCUT2D eigenvalue weighted by Crippen LogP contribution is -2.48. The Bertz CT molecular complexity index is 650. The van der Waals surface area contributed by atoms with Gasteiger partial charge in [0.2, 0.25) is 5.91 Å². The molecule has 1 amide bonds. The molecule has 1 unspecified atom stereocenters. The highest BCUT2D eigenvalue weighted by atomic mass is 16.5. The molecule has 1 aliphatic heterocycles. The van der Waals surface area contributed by atoms with Crippen molar-refractivity contribution in [3.8, 4) is 0 Å². The quantitative estimate of drug-likeness (QED) is 0.796. The normalized spacial score (nSPS) is 18.0. The van der Waals surface area contributed by atoms with E-state index >= 15 is 0 Å². The van der Waals surface area contributed by atoms with Gasteiger partial charge in [-0.25, -0.2) is 0 Å². The zero-order valence-electron chi connectivity index (χ0n) is 14.3. The van der Waals surface area contributed by atoms with Crippen molar-refractivity contribution in [3.05, 3.63) is 42.5 Å². The highest BCUT2D eigenvalue weighted by molar-refractivity contribution is 5.77. The summed E-state index contributed by atoms with van der Waals surface area (Å²) in [5, 5.41) is 11.0. The van der Waals surface area contributed by atoms with Gasteiger partial charge in [0.1, 0.15) is 11.6 Å². The molecule has 1 saturated heterocycles. The SMILES string of the molecule is CN(Cc1ccco1)C(=O)CN1CCOC(CNc2cccnn2)C1. The number of furan rings is 1. The third-order valence-corrected chi connectivity index (χ3v) is 4.06. The molecule has 2 aromatic rings. The van der Waals surface area contributed by atoms with Crippen molar-refractivity contribution >= 4 is 11.7 Å². The van der Waals surface area contributed by atoms with Gasteiger partial charge < -0.3 is 19.4 Å². The lowest BCUT2D eigenvalue weighted by molar-refractivity contribution is -0.133. The largest absolute Gasteiger partial charge is 0.467 e. The first kappa shape index (κ1) is 17.4. The number of ether oxygens (including phenoxy) is 1. The van der Waals surface area contributed by atoms with E-state index in [1.54, 1.807) is 24.4 Å². The number of carbonyl (C=O) groups excluding carboxylic acids is 1. The second kappa shape index (κ2) is 8.59. The zero-order valence-corrected chi connectivity index (χ0v) is 14.3. The van der Waals surface area contributed by atoms with E-state index < -0.39 is 0 Å². The predicted octanol–water partition coefficient (Wildman–Crippen LogP) is 0.841. The third-order valence-electron chi connectivity index (χ3n) is 4.06. The van der Waals surface area contributed by atoms with Crippen LogP contribution >= 0.6 is 0 Å². The Morgan fingerprint density at radius 1 is 1.44 bits per heavy atom. The number of rotatable bonds is 7. The summed E-state index contributed by atoms with van der Waals surface area (Å²) in [4.78, 5) is 16.2. The molecule has 8 heteroatoms. The van der Waals surface area contributed by atoms with Gasteiger partial charge in [0, 0.05) is 32.9 Å². The van der Waals surface area contributed by atoms with Crippen molar-refractivity contribution in [1.29, 1.82) is 0 Å². The van der Waals surface area contributed by atoms with Crippen LogP contribution in [0, 0.1) is 0 Å². The topological polar surface area (TPSA) is 83.7 Å². The standard InChI is InChI=1S/C17H23N5O3/c1-21(11-14-4-3-8-24-14)17(23)13-22-7-9-25-15(12-22)10-18-16-5-2-6-19-20-16/h2-6,8,15H,7,9-13H2,1H3,(H,18,20). The molecular weight excluding hydrogens is 322 g/mol. The molecule has 8 nitrogen and oxygen atoms in total. The molecule has 0 radical (unpaired) electrons. The van der Waals surface area contributed by atoms with Crippen LogP contribution in [0.2, 0.25) is 0 Å². The number of amides is 1. The number of hydrogen-bond acceptors (Lipinski definition) is 7. The second-order valence-corrected chi connectivity index (χ2v) is 6.05. The van der Waals surface area contributed by atoms with Crippen molar-refractivity contribution in [2.24, 2.45) is 0 Å². The van der Waals surface area contributed by atoms with E-state index in [1.807, 2.05) is 24.3 Å². The second-order valence-electron chi connectivity index (χ2n) is 6.05. The Morgan fingerprint density at radius 3 is 3.12 bits per heavy atom. The molecule has 1 aliphatic rings. The third kappa shape index (κ3) is 5.27. The highest BCUT2D eigenvalue weighted by Gasteiger charge is 2.23. The minimum atomic E-state index is 0.0129.